The van der Waals surface area contributed by atoms with E-state index in [0.29, 0.717) is 0 Å². The lowest BCUT2D eigenvalue weighted by Gasteiger charge is -2.12. The van der Waals surface area contributed by atoms with Crippen molar-refractivity contribution in [3.63, 3.8) is 0 Å². The first-order valence-electron chi connectivity index (χ1n) is 7.11. The van der Waals surface area contributed by atoms with Crippen molar-refractivity contribution in [2.75, 3.05) is 6.61 Å². The van der Waals surface area contributed by atoms with Gasteiger partial charge in [-0.2, -0.15) is 18.2 Å². The molecule has 0 spiro atoms. The Morgan fingerprint density at radius 3 is 2.44 bits per heavy atom. The minimum atomic E-state index is -4.71. The van der Waals surface area contributed by atoms with Gasteiger partial charge in [0.15, 0.2) is 0 Å². The molecule has 0 atom stereocenters. The second-order valence-electron chi connectivity index (χ2n) is 4.82. The molecule has 0 aliphatic carbocycles. The number of hydrogen-bond donors (Lipinski definition) is 0. The zero-order valence-corrected chi connectivity index (χ0v) is 13.7. The number of carbonyl (C=O) groups is 1. The van der Waals surface area contributed by atoms with Crippen LogP contribution in [0.3, 0.4) is 0 Å². The van der Waals surface area contributed by atoms with Crippen LogP contribution in [0.25, 0.3) is 0 Å². The van der Waals surface area contributed by atoms with E-state index in [0.717, 1.165) is 24.3 Å². The van der Waals surface area contributed by atoms with Crippen LogP contribution < -0.4 is 0 Å². The maximum atomic E-state index is 13.2. The third-order valence-electron chi connectivity index (χ3n) is 3.11. The molecule has 0 saturated carbocycles. The van der Waals surface area contributed by atoms with Gasteiger partial charge in [0, 0.05) is 0 Å². The molecule has 0 aliphatic heterocycles. The number of halogens is 5. The molecule has 2 aromatic carbocycles. The number of nitrogens with zero attached hydrogens (tertiary/aromatic N) is 1. The first-order valence-corrected chi connectivity index (χ1v) is 7.49. The molecule has 2 aromatic rings. The Labute approximate surface area is 145 Å². The normalized spacial score (nSPS) is 12.2. The van der Waals surface area contributed by atoms with Gasteiger partial charge < -0.3 is 4.74 Å². The lowest BCUT2D eigenvalue weighted by atomic mass is 10.1. The number of benzene rings is 2. The van der Waals surface area contributed by atoms with E-state index in [1.165, 1.54) is 18.2 Å². The summed E-state index contributed by atoms with van der Waals surface area (Å²) < 4.78 is 57.5. The summed E-state index contributed by atoms with van der Waals surface area (Å²) in [6, 6.07) is 7.56. The Morgan fingerprint density at radius 1 is 1.16 bits per heavy atom. The minimum absolute atomic E-state index is 0.0795. The summed E-state index contributed by atoms with van der Waals surface area (Å²) in [7, 11) is 0. The van der Waals surface area contributed by atoms with Crippen LogP contribution in [-0.2, 0) is 10.9 Å². The summed E-state index contributed by atoms with van der Waals surface area (Å²) in [6.45, 7) is 1.68. The average molecular weight is 374 g/mol. The number of hydrogen-bond acceptors (Lipinski definition) is 2. The number of carbonyl (C=O) groups excluding carboxylic acids is 1. The van der Waals surface area contributed by atoms with Gasteiger partial charge in [0.1, 0.15) is 5.82 Å². The quantitative estimate of drug-likeness (QED) is 0.425. The summed E-state index contributed by atoms with van der Waals surface area (Å²) >= 11 is 5.90. The van der Waals surface area contributed by atoms with Crippen molar-refractivity contribution in [3.8, 4) is 0 Å². The van der Waals surface area contributed by atoms with Crippen molar-refractivity contribution < 1.29 is 27.1 Å². The zero-order valence-electron chi connectivity index (χ0n) is 12.9. The van der Waals surface area contributed by atoms with Crippen molar-refractivity contribution in [2.24, 2.45) is 4.99 Å². The molecule has 3 nitrogen and oxygen atoms in total. The molecule has 0 saturated heterocycles. The summed E-state index contributed by atoms with van der Waals surface area (Å²) in [4.78, 5) is 15.9. The maximum absolute atomic E-state index is 13.2. The third-order valence-corrected chi connectivity index (χ3v) is 3.42. The van der Waals surface area contributed by atoms with Crippen LogP contribution in [0.5, 0.6) is 0 Å². The largest absolute Gasteiger partial charge is 0.477 e. The van der Waals surface area contributed by atoms with E-state index >= 15 is 0 Å². The van der Waals surface area contributed by atoms with Crippen LogP contribution >= 0.6 is 11.6 Å². The molecule has 0 unspecified atom stereocenters. The Kier molecular flexibility index (Phi) is 5.79. The molecule has 25 heavy (non-hydrogen) atoms. The SMILES string of the molecule is CCOC(=NC(=O)c1ccccc1C(F)(F)F)c1ccc(F)cc1Cl. The van der Waals surface area contributed by atoms with Gasteiger partial charge in [-0.1, -0.05) is 23.7 Å². The molecular formula is C17H12ClF4NO2. The molecule has 0 fully saturated rings. The Balaban J connectivity index is 2.50. The Hall–Kier alpha value is -2.41. The average Bonchev–Trinajstić information content (AvgIpc) is 2.53. The van der Waals surface area contributed by atoms with Crippen molar-refractivity contribution >= 4 is 23.4 Å². The number of amides is 1. The highest BCUT2D eigenvalue weighted by molar-refractivity contribution is 6.34. The first-order chi connectivity index (χ1) is 11.7. The first kappa shape index (κ1) is 18.9. The number of alkyl halides is 3. The van der Waals surface area contributed by atoms with E-state index in [-0.39, 0.29) is 23.1 Å². The highest BCUT2D eigenvalue weighted by Crippen LogP contribution is 2.32. The van der Waals surface area contributed by atoms with Crippen LogP contribution in [0, 0.1) is 5.82 Å². The predicted octanol–water partition coefficient (Wildman–Crippen LogP) is 5.12. The molecule has 8 heteroatoms. The van der Waals surface area contributed by atoms with Gasteiger partial charge in [0.05, 0.1) is 28.3 Å². The fourth-order valence-corrected chi connectivity index (χ4v) is 2.29. The molecule has 2 rings (SSSR count). The van der Waals surface area contributed by atoms with Crippen molar-refractivity contribution in [3.05, 3.63) is 70.0 Å². The van der Waals surface area contributed by atoms with Crippen LogP contribution in [0.1, 0.15) is 28.4 Å². The maximum Gasteiger partial charge on any atom is 0.417 e. The van der Waals surface area contributed by atoms with Crippen LogP contribution in [0.15, 0.2) is 47.5 Å². The second-order valence-corrected chi connectivity index (χ2v) is 5.23. The molecule has 0 bridgehead atoms. The smallest absolute Gasteiger partial charge is 0.417 e. The van der Waals surface area contributed by atoms with Crippen LogP contribution in [-0.4, -0.2) is 18.4 Å². The van der Waals surface area contributed by atoms with Gasteiger partial charge in [-0.05, 0) is 37.3 Å². The topological polar surface area (TPSA) is 38.7 Å². The number of aliphatic imine (C=N–C) groups is 1. The molecule has 132 valence electrons. The predicted molar refractivity (Wildman–Crippen MR) is 85.3 cm³/mol. The van der Waals surface area contributed by atoms with Crippen molar-refractivity contribution in [2.45, 2.75) is 13.1 Å². The van der Waals surface area contributed by atoms with Gasteiger partial charge in [-0.15, -0.1) is 0 Å². The molecule has 0 N–H and O–H groups in total. The van der Waals surface area contributed by atoms with E-state index < -0.39 is 29.0 Å². The number of rotatable bonds is 3. The molecule has 0 aliphatic rings. The van der Waals surface area contributed by atoms with Gasteiger partial charge in [-0.3, -0.25) is 4.79 Å². The standard InChI is InChI=1S/C17H12ClF4NO2/c1-2-25-16(12-8-7-10(19)9-14(12)18)23-15(24)11-5-3-4-6-13(11)17(20,21)22/h3-9H,2H2,1H3. The molecular weight excluding hydrogens is 362 g/mol. The summed E-state index contributed by atoms with van der Waals surface area (Å²) in [5.74, 6) is -2.04. The van der Waals surface area contributed by atoms with E-state index in [2.05, 4.69) is 4.99 Å². The summed E-state index contributed by atoms with van der Waals surface area (Å²) in [6.07, 6.45) is -4.71. The monoisotopic (exact) mass is 373 g/mol. The minimum Gasteiger partial charge on any atom is -0.477 e. The zero-order chi connectivity index (χ0) is 18.6. The van der Waals surface area contributed by atoms with Gasteiger partial charge in [-0.25, -0.2) is 4.39 Å². The van der Waals surface area contributed by atoms with Gasteiger partial charge in [0.2, 0.25) is 5.90 Å². The highest BCUT2D eigenvalue weighted by Gasteiger charge is 2.35. The molecule has 1 amide bonds. The molecule has 0 heterocycles. The van der Waals surface area contributed by atoms with E-state index in [1.807, 2.05) is 0 Å². The van der Waals surface area contributed by atoms with Crippen LogP contribution in [0.4, 0.5) is 17.6 Å². The van der Waals surface area contributed by atoms with Gasteiger partial charge in [0.25, 0.3) is 5.91 Å². The summed E-state index contributed by atoms with van der Waals surface area (Å²) in [5, 5.41) is -0.0795. The van der Waals surface area contributed by atoms with E-state index in [4.69, 9.17) is 16.3 Å². The van der Waals surface area contributed by atoms with E-state index in [1.54, 1.807) is 6.92 Å². The lowest BCUT2D eigenvalue weighted by Crippen LogP contribution is -2.15. The second kappa shape index (κ2) is 7.65. The highest BCUT2D eigenvalue weighted by atomic mass is 35.5. The molecule has 0 radical (unpaired) electrons. The summed E-state index contributed by atoms with van der Waals surface area (Å²) in [5.41, 5.74) is -1.63. The van der Waals surface area contributed by atoms with Gasteiger partial charge >= 0.3 is 6.18 Å². The Morgan fingerprint density at radius 2 is 1.84 bits per heavy atom. The van der Waals surface area contributed by atoms with Crippen molar-refractivity contribution in [1.29, 1.82) is 0 Å². The fourth-order valence-electron chi connectivity index (χ4n) is 2.04. The van der Waals surface area contributed by atoms with Crippen LogP contribution in [0.2, 0.25) is 5.02 Å². The van der Waals surface area contributed by atoms with E-state index in [9.17, 15) is 22.4 Å². The Bertz CT molecular complexity index is 819. The number of ether oxygens (including phenoxy) is 1. The molecule has 0 aromatic heterocycles. The lowest BCUT2D eigenvalue weighted by molar-refractivity contribution is -0.137. The fraction of sp³-hybridized carbons (Fsp3) is 0.176. The third kappa shape index (κ3) is 4.57. The van der Waals surface area contributed by atoms with Crippen molar-refractivity contribution in [1.82, 2.24) is 0 Å².